The minimum atomic E-state index is -5.60. The third kappa shape index (κ3) is 3.41. The molecule has 3 rings (SSSR count). The summed E-state index contributed by atoms with van der Waals surface area (Å²) >= 11 is 0. The largest absolute Gasteiger partial charge is 0.449 e. The summed E-state index contributed by atoms with van der Waals surface area (Å²) in [4.78, 5) is 0. The van der Waals surface area contributed by atoms with Crippen LogP contribution < -0.4 is 0 Å². The van der Waals surface area contributed by atoms with E-state index in [9.17, 15) is 27.1 Å². The van der Waals surface area contributed by atoms with Gasteiger partial charge in [-0.05, 0) is 31.6 Å². The van der Waals surface area contributed by atoms with E-state index in [0.717, 1.165) is 25.7 Å². The number of rotatable bonds is 2. The van der Waals surface area contributed by atoms with Crippen LogP contribution in [0.4, 0.5) is 22.0 Å². The molecular weight excluding hydrogens is 347 g/mol. The Morgan fingerprint density at radius 1 is 0.800 bits per heavy atom. The van der Waals surface area contributed by atoms with Gasteiger partial charge in [-0.2, -0.15) is 22.0 Å². The van der Waals surface area contributed by atoms with Crippen LogP contribution in [0.5, 0.6) is 0 Å². The topological polar surface area (TPSA) is 38.7 Å². The molecule has 25 heavy (non-hydrogen) atoms. The molecule has 0 bridgehead atoms. The Bertz CT molecular complexity index is 458. The zero-order valence-electron chi connectivity index (χ0n) is 14.0. The van der Waals surface area contributed by atoms with Crippen molar-refractivity contribution in [2.45, 2.75) is 94.5 Å². The van der Waals surface area contributed by atoms with Crippen LogP contribution in [0.3, 0.4) is 0 Å². The lowest BCUT2D eigenvalue weighted by Gasteiger charge is -2.51. The first-order valence-electron chi connectivity index (χ1n) is 9.17. The van der Waals surface area contributed by atoms with Gasteiger partial charge in [0.25, 0.3) is 0 Å². The average molecular weight is 372 g/mol. The van der Waals surface area contributed by atoms with E-state index in [0.29, 0.717) is 38.5 Å². The van der Waals surface area contributed by atoms with Crippen molar-refractivity contribution in [3.63, 3.8) is 0 Å². The van der Waals surface area contributed by atoms with Crippen LogP contribution in [0.15, 0.2) is 0 Å². The van der Waals surface area contributed by atoms with Crippen LogP contribution in [0.25, 0.3) is 0 Å². The van der Waals surface area contributed by atoms with Crippen molar-refractivity contribution in [2.24, 2.45) is 11.8 Å². The Morgan fingerprint density at radius 3 is 1.76 bits per heavy atom. The summed E-state index contributed by atoms with van der Waals surface area (Å²) in [5, 5.41) is 9.96. The molecule has 1 saturated heterocycles. The van der Waals surface area contributed by atoms with Gasteiger partial charge in [0.1, 0.15) is 6.10 Å². The predicted octanol–water partition coefficient (Wildman–Crippen LogP) is 4.77. The van der Waals surface area contributed by atoms with Gasteiger partial charge in [0.15, 0.2) is 6.29 Å². The van der Waals surface area contributed by atoms with Gasteiger partial charge < -0.3 is 14.6 Å². The number of alkyl halides is 5. The molecule has 146 valence electrons. The molecule has 0 aromatic heterocycles. The first kappa shape index (κ1) is 19.3. The van der Waals surface area contributed by atoms with Gasteiger partial charge in [-0.1, -0.05) is 38.5 Å². The molecular formula is C17H25F5O3. The molecule has 1 N–H and O–H groups in total. The Balaban J connectivity index is 1.91. The fourth-order valence-corrected chi connectivity index (χ4v) is 4.41. The lowest BCUT2D eigenvalue weighted by Crippen LogP contribution is -2.72. The maximum absolute atomic E-state index is 14.7. The maximum Gasteiger partial charge on any atom is 0.449 e. The normalized spacial score (nSPS) is 38.6. The van der Waals surface area contributed by atoms with Crippen molar-refractivity contribution in [1.29, 1.82) is 0 Å². The number of hydrogen-bond acceptors (Lipinski definition) is 3. The molecule has 1 heterocycles. The van der Waals surface area contributed by atoms with Gasteiger partial charge >= 0.3 is 17.9 Å². The Kier molecular flexibility index (Phi) is 5.34. The van der Waals surface area contributed by atoms with Crippen molar-refractivity contribution < 1.29 is 36.5 Å². The Morgan fingerprint density at radius 2 is 1.28 bits per heavy atom. The molecule has 3 aliphatic rings. The number of hydrogen-bond donors (Lipinski definition) is 1. The second-order valence-electron chi connectivity index (χ2n) is 7.60. The molecule has 0 radical (unpaired) electrons. The second kappa shape index (κ2) is 6.93. The highest BCUT2D eigenvalue weighted by atomic mass is 19.4. The average Bonchev–Trinajstić information content (AvgIpc) is 2.57. The van der Waals surface area contributed by atoms with Crippen molar-refractivity contribution in [2.75, 3.05) is 0 Å². The van der Waals surface area contributed by atoms with E-state index >= 15 is 0 Å². The summed E-state index contributed by atoms with van der Waals surface area (Å²) in [5.74, 6) is -10.1. The molecule has 1 aliphatic heterocycles. The molecule has 2 aliphatic carbocycles. The van der Waals surface area contributed by atoms with Gasteiger partial charge in [-0.3, -0.25) is 0 Å². The minimum Gasteiger partial charge on any atom is -0.354 e. The highest BCUT2D eigenvalue weighted by Gasteiger charge is 2.77. The highest BCUT2D eigenvalue weighted by molar-refractivity contribution is 5.03. The van der Waals surface area contributed by atoms with Gasteiger partial charge in [0.2, 0.25) is 0 Å². The first-order valence-corrected chi connectivity index (χ1v) is 9.17. The fraction of sp³-hybridized carbons (Fsp3) is 1.00. The summed E-state index contributed by atoms with van der Waals surface area (Å²) in [6, 6.07) is 0. The van der Waals surface area contributed by atoms with Gasteiger partial charge in [-0.15, -0.1) is 0 Å². The van der Waals surface area contributed by atoms with Crippen LogP contribution in [-0.2, 0) is 9.47 Å². The van der Waals surface area contributed by atoms with Crippen LogP contribution >= 0.6 is 0 Å². The number of ether oxygens (including phenoxy) is 2. The molecule has 0 aromatic carbocycles. The summed E-state index contributed by atoms with van der Waals surface area (Å²) < 4.78 is 79.6. The van der Waals surface area contributed by atoms with Crippen molar-refractivity contribution >= 4 is 0 Å². The third-order valence-electron chi connectivity index (χ3n) is 5.87. The summed E-state index contributed by atoms with van der Waals surface area (Å²) in [5.41, 5.74) is 0. The van der Waals surface area contributed by atoms with E-state index in [4.69, 9.17) is 4.74 Å². The van der Waals surface area contributed by atoms with Crippen LogP contribution in [0, 0.1) is 11.8 Å². The number of halogens is 5. The summed E-state index contributed by atoms with van der Waals surface area (Å²) in [7, 11) is 0. The van der Waals surface area contributed by atoms with Crippen molar-refractivity contribution in [1.82, 2.24) is 0 Å². The standard InChI is InChI=1S/C17H25F5O3/c18-15(19)13(11-7-3-1-4-8-11)24-14(12-9-5-2-6-10-12)25-16(15,23)17(20,21)22/h11-14,23H,1-10H2. The van der Waals surface area contributed by atoms with E-state index in [1.54, 1.807) is 0 Å². The van der Waals surface area contributed by atoms with Crippen LogP contribution in [0.2, 0.25) is 0 Å². The number of aliphatic hydroxyl groups is 1. The van der Waals surface area contributed by atoms with Crippen molar-refractivity contribution in [3.05, 3.63) is 0 Å². The van der Waals surface area contributed by atoms with Gasteiger partial charge in [-0.25, -0.2) is 0 Å². The molecule has 3 fully saturated rings. The second-order valence-corrected chi connectivity index (χ2v) is 7.60. The molecule has 2 saturated carbocycles. The molecule has 3 nitrogen and oxygen atoms in total. The van der Waals surface area contributed by atoms with E-state index in [2.05, 4.69) is 4.74 Å². The van der Waals surface area contributed by atoms with E-state index < -0.39 is 42.1 Å². The maximum atomic E-state index is 14.7. The Labute approximate surface area is 143 Å². The minimum absolute atomic E-state index is 0.381. The van der Waals surface area contributed by atoms with Crippen LogP contribution in [-0.4, -0.2) is 35.4 Å². The third-order valence-corrected chi connectivity index (χ3v) is 5.87. The monoisotopic (exact) mass is 372 g/mol. The Hall–Kier alpha value is -0.470. The quantitative estimate of drug-likeness (QED) is 0.710. The van der Waals surface area contributed by atoms with Crippen LogP contribution in [0.1, 0.15) is 64.2 Å². The smallest absolute Gasteiger partial charge is 0.354 e. The lowest BCUT2D eigenvalue weighted by molar-refractivity contribution is -0.512. The van der Waals surface area contributed by atoms with E-state index in [-0.39, 0.29) is 0 Å². The fourth-order valence-electron chi connectivity index (χ4n) is 4.41. The lowest BCUT2D eigenvalue weighted by atomic mass is 9.79. The molecule has 0 spiro atoms. The highest BCUT2D eigenvalue weighted by Crippen LogP contribution is 2.53. The molecule has 3 atom stereocenters. The van der Waals surface area contributed by atoms with Gasteiger partial charge in [0, 0.05) is 5.92 Å². The van der Waals surface area contributed by atoms with E-state index in [1.165, 1.54) is 0 Å². The molecule has 0 aromatic rings. The predicted molar refractivity (Wildman–Crippen MR) is 78.8 cm³/mol. The van der Waals surface area contributed by atoms with Crippen molar-refractivity contribution in [3.8, 4) is 0 Å². The summed E-state index contributed by atoms with van der Waals surface area (Å²) in [6.45, 7) is 0. The molecule has 8 heteroatoms. The molecule has 3 unspecified atom stereocenters. The summed E-state index contributed by atoms with van der Waals surface area (Å²) in [6.07, 6.45) is -2.36. The van der Waals surface area contributed by atoms with E-state index in [1.807, 2.05) is 0 Å². The first-order chi connectivity index (χ1) is 11.7. The zero-order chi connectivity index (χ0) is 18.3. The SMILES string of the molecule is OC1(C(F)(F)F)OC(C2CCCCC2)OC(C2CCCCC2)C1(F)F. The molecule has 0 amide bonds. The van der Waals surface area contributed by atoms with Gasteiger partial charge in [0.05, 0.1) is 0 Å². The zero-order valence-corrected chi connectivity index (χ0v) is 14.0.